The number of hydrogen-bond donors (Lipinski definition) is 0. The molecule has 7 nitrogen and oxygen atoms in total. The number of rotatable bonds is 33. The van der Waals surface area contributed by atoms with Gasteiger partial charge in [0.25, 0.3) is 0 Å². The van der Waals surface area contributed by atoms with Gasteiger partial charge in [0.15, 0.2) is 6.29 Å². The van der Waals surface area contributed by atoms with Gasteiger partial charge in [0.05, 0.1) is 26.4 Å². The molecule has 1 saturated heterocycles. The molecule has 6 atom stereocenters. The second-order valence-electron chi connectivity index (χ2n) is 17.4. The Balaban J connectivity index is 1.40. The van der Waals surface area contributed by atoms with Crippen LogP contribution in [-0.4, -0.2) is 42.8 Å². The molecule has 7 heteroatoms. The number of carbonyl (C=O) groups excluding carboxylic acids is 1. The highest BCUT2D eigenvalue weighted by molar-refractivity contribution is 5.69. The molecule has 1 unspecified atom stereocenters. The number of benzene rings is 4. The van der Waals surface area contributed by atoms with Crippen molar-refractivity contribution < 1.29 is 33.2 Å². The van der Waals surface area contributed by atoms with E-state index in [9.17, 15) is 4.79 Å². The van der Waals surface area contributed by atoms with Crippen molar-refractivity contribution in [3.63, 3.8) is 0 Å². The molecule has 0 amide bonds. The molecular weight excluding hydrogens is 785 g/mol. The van der Waals surface area contributed by atoms with E-state index in [1.54, 1.807) is 0 Å². The first-order chi connectivity index (χ1) is 31.1. The lowest BCUT2D eigenvalue weighted by molar-refractivity contribution is -0.337. The van der Waals surface area contributed by atoms with Crippen LogP contribution in [0.25, 0.3) is 0 Å². The van der Waals surface area contributed by atoms with E-state index in [-0.39, 0.29) is 5.97 Å². The molecule has 0 aliphatic carbocycles. The molecule has 1 aliphatic rings. The molecule has 63 heavy (non-hydrogen) atoms. The standard InChI is InChI=1S/C56H78O7/c1-3-5-7-9-11-12-13-14-15-17-31-41-51(57)62-50(40-30-16-10-8-6-4-2)52-53(58-42-46-32-22-18-23-33-46)54(59-43-47-34-24-19-25-35-47)55(60-44-48-36-26-20-27-37-48)56(63-52)61-45-49-38-28-21-29-39-49/h18-29,32-39,50,52-56H,3-17,30-31,40-45H2,1-2H3/t50?,52-,53-,54+,55-,56-/m1/s1. The maximum absolute atomic E-state index is 13.9. The molecule has 1 fully saturated rings. The molecule has 0 aromatic heterocycles. The fourth-order valence-corrected chi connectivity index (χ4v) is 8.45. The molecule has 0 N–H and O–H groups in total. The van der Waals surface area contributed by atoms with Gasteiger partial charge in [-0.25, -0.2) is 0 Å². The van der Waals surface area contributed by atoms with E-state index in [1.807, 2.05) is 84.9 Å². The first kappa shape index (κ1) is 50.2. The maximum atomic E-state index is 13.9. The molecule has 0 saturated carbocycles. The van der Waals surface area contributed by atoms with Gasteiger partial charge in [0.2, 0.25) is 0 Å². The summed E-state index contributed by atoms with van der Waals surface area (Å²) in [6.07, 6.45) is 17.2. The molecule has 0 spiro atoms. The van der Waals surface area contributed by atoms with E-state index in [4.69, 9.17) is 28.4 Å². The largest absolute Gasteiger partial charge is 0.459 e. The summed E-state index contributed by atoms with van der Waals surface area (Å²) in [7, 11) is 0. The highest BCUT2D eigenvalue weighted by Crippen LogP contribution is 2.35. The van der Waals surface area contributed by atoms with Crippen LogP contribution in [-0.2, 0) is 59.6 Å². The lowest BCUT2D eigenvalue weighted by Crippen LogP contribution is -2.63. The number of ether oxygens (including phenoxy) is 6. The third kappa shape index (κ3) is 19.4. The van der Waals surface area contributed by atoms with E-state index in [1.165, 1.54) is 70.6 Å². The third-order valence-electron chi connectivity index (χ3n) is 12.1. The lowest BCUT2D eigenvalue weighted by Gasteiger charge is -2.47. The molecule has 1 heterocycles. The molecule has 4 aromatic carbocycles. The van der Waals surface area contributed by atoms with Gasteiger partial charge in [-0.2, -0.15) is 0 Å². The second kappa shape index (κ2) is 31.1. The van der Waals surface area contributed by atoms with Crippen LogP contribution in [0.3, 0.4) is 0 Å². The fraction of sp³-hybridized carbons (Fsp3) is 0.554. The van der Waals surface area contributed by atoms with E-state index >= 15 is 0 Å². The Morgan fingerprint density at radius 2 is 0.810 bits per heavy atom. The van der Waals surface area contributed by atoms with Gasteiger partial charge in [-0.3, -0.25) is 4.79 Å². The molecule has 4 aromatic rings. The van der Waals surface area contributed by atoms with Crippen molar-refractivity contribution in [1.82, 2.24) is 0 Å². The predicted octanol–water partition coefficient (Wildman–Crippen LogP) is 14.0. The molecule has 0 radical (unpaired) electrons. The molecule has 1 aliphatic heterocycles. The summed E-state index contributed by atoms with van der Waals surface area (Å²) in [6, 6.07) is 40.6. The summed E-state index contributed by atoms with van der Waals surface area (Å²) in [6.45, 7) is 5.81. The Labute approximate surface area is 380 Å². The minimum absolute atomic E-state index is 0.182. The van der Waals surface area contributed by atoms with Crippen LogP contribution in [0.5, 0.6) is 0 Å². The average molecular weight is 863 g/mol. The van der Waals surface area contributed by atoms with Gasteiger partial charge < -0.3 is 28.4 Å². The van der Waals surface area contributed by atoms with Gasteiger partial charge in [-0.05, 0) is 41.5 Å². The minimum Gasteiger partial charge on any atom is -0.459 e. The number of esters is 1. The normalized spacial score (nSPS) is 19.2. The average Bonchev–Trinajstić information content (AvgIpc) is 3.32. The summed E-state index contributed by atoms with van der Waals surface area (Å²) in [4.78, 5) is 13.9. The zero-order chi connectivity index (χ0) is 44.0. The van der Waals surface area contributed by atoms with E-state index < -0.39 is 36.8 Å². The van der Waals surface area contributed by atoms with Crippen LogP contribution in [0, 0.1) is 0 Å². The van der Waals surface area contributed by atoms with Crippen molar-refractivity contribution in [3.05, 3.63) is 144 Å². The number of hydrogen-bond acceptors (Lipinski definition) is 7. The molecule has 0 bridgehead atoms. The van der Waals surface area contributed by atoms with Crippen molar-refractivity contribution in [2.24, 2.45) is 0 Å². The van der Waals surface area contributed by atoms with Crippen LogP contribution < -0.4 is 0 Å². The topological polar surface area (TPSA) is 72.5 Å². The van der Waals surface area contributed by atoms with Crippen molar-refractivity contribution >= 4 is 5.97 Å². The van der Waals surface area contributed by atoms with Crippen molar-refractivity contribution in [2.75, 3.05) is 0 Å². The first-order valence-electron chi connectivity index (χ1n) is 24.6. The van der Waals surface area contributed by atoms with E-state index in [0.29, 0.717) is 39.3 Å². The highest BCUT2D eigenvalue weighted by Gasteiger charge is 2.52. The Kier molecular flexibility index (Phi) is 24.8. The summed E-state index contributed by atoms with van der Waals surface area (Å²) >= 11 is 0. The Hall–Kier alpha value is -3.85. The van der Waals surface area contributed by atoms with E-state index in [0.717, 1.165) is 60.8 Å². The van der Waals surface area contributed by atoms with Crippen molar-refractivity contribution in [1.29, 1.82) is 0 Å². The first-order valence-corrected chi connectivity index (χ1v) is 24.6. The van der Waals surface area contributed by atoms with E-state index in [2.05, 4.69) is 50.2 Å². The Morgan fingerprint density at radius 3 is 1.25 bits per heavy atom. The van der Waals surface area contributed by atoms with Gasteiger partial charge in [-0.15, -0.1) is 0 Å². The third-order valence-corrected chi connectivity index (χ3v) is 12.1. The van der Waals surface area contributed by atoms with Crippen LogP contribution >= 0.6 is 0 Å². The predicted molar refractivity (Wildman–Crippen MR) is 254 cm³/mol. The zero-order valence-corrected chi connectivity index (χ0v) is 38.6. The van der Waals surface area contributed by atoms with Crippen LogP contribution in [0.1, 0.15) is 158 Å². The van der Waals surface area contributed by atoms with Gasteiger partial charge in [-0.1, -0.05) is 231 Å². The lowest BCUT2D eigenvalue weighted by atomic mass is 9.91. The van der Waals surface area contributed by atoms with Gasteiger partial charge in [0, 0.05) is 6.42 Å². The SMILES string of the molecule is CCCCCCCCCCCCCC(=O)OC(CCCCCCCC)[C@H]1O[C@@H](OCc2ccccc2)[C@H](OCc2ccccc2)[C@@H](OCc2ccccc2)[C@@H]1OCc1ccccc1. The van der Waals surface area contributed by atoms with Crippen LogP contribution in [0.4, 0.5) is 0 Å². The van der Waals surface area contributed by atoms with Gasteiger partial charge in [0.1, 0.15) is 30.5 Å². The Morgan fingerprint density at radius 1 is 0.444 bits per heavy atom. The van der Waals surface area contributed by atoms with Crippen molar-refractivity contribution in [3.8, 4) is 0 Å². The zero-order valence-electron chi connectivity index (χ0n) is 38.6. The van der Waals surface area contributed by atoms with Crippen LogP contribution in [0.15, 0.2) is 121 Å². The maximum Gasteiger partial charge on any atom is 0.306 e. The number of unbranched alkanes of at least 4 members (excludes halogenated alkanes) is 15. The summed E-state index contributed by atoms with van der Waals surface area (Å²) < 4.78 is 41.3. The van der Waals surface area contributed by atoms with Gasteiger partial charge >= 0.3 is 5.97 Å². The monoisotopic (exact) mass is 863 g/mol. The highest BCUT2D eigenvalue weighted by atomic mass is 16.7. The fourth-order valence-electron chi connectivity index (χ4n) is 8.45. The smallest absolute Gasteiger partial charge is 0.306 e. The Bertz CT molecular complexity index is 1710. The quantitative estimate of drug-likeness (QED) is 0.0349. The van der Waals surface area contributed by atoms with Crippen molar-refractivity contribution in [2.45, 2.75) is 199 Å². The molecule has 5 rings (SSSR count). The number of carbonyl (C=O) groups is 1. The molecular formula is C56H78O7. The summed E-state index contributed by atoms with van der Waals surface area (Å²) in [5.41, 5.74) is 4.11. The summed E-state index contributed by atoms with van der Waals surface area (Å²) in [5, 5.41) is 0. The molecule has 344 valence electrons. The summed E-state index contributed by atoms with van der Waals surface area (Å²) in [5.74, 6) is -0.182. The minimum atomic E-state index is -0.839. The second-order valence-corrected chi connectivity index (χ2v) is 17.4. The van der Waals surface area contributed by atoms with Crippen LogP contribution in [0.2, 0.25) is 0 Å².